The number of hydrogen-bond donors (Lipinski definition) is 4. The van der Waals surface area contributed by atoms with Crippen molar-refractivity contribution < 1.29 is 19.1 Å². The van der Waals surface area contributed by atoms with Crippen molar-refractivity contribution in [3.05, 3.63) is 93.1 Å². The minimum Gasteiger partial charge on any atom is -0.464 e. The summed E-state index contributed by atoms with van der Waals surface area (Å²) in [7, 11) is 0. The summed E-state index contributed by atoms with van der Waals surface area (Å²) in [6.07, 6.45) is 0.849. The Kier molecular flexibility index (Phi) is 5.33. The van der Waals surface area contributed by atoms with Crippen LogP contribution < -0.4 is 21.1 Å². The van der Waals surface area contributed by atoms with Crippen LogP contribution in [0.5, 0.6) is 0 Å². The van der Waals surface area contributed by atoms with Gasteiger partial charge in [0.15, 0.2) is 6.10 Å². The van der Waals surface area contributed by atoms with Crippen molar-refractivity contribution in [2.24, 2.45) is 0 Å². The van der Waals surface area contributed by atoms with Gasteiger partial charge in [-0.25, -0.2) is 0 Å². The van der Waals surface area contributed by atoms with E-state index in [1.54, 1.807) is 24.3 Å². The Morgan fingerprint density at radius 2 is 2.00 bits per heavy atom. The predicted octanol–water partition coefficient (Wildman–Crippen LogP) is 2.74. The highest BCUT2D eigenvalue weighted by atomic mass is 16.3. The third-order valence-electron chi connectivity index (χ3n) is 6.16. The number of rotatable bonds is 7. The van der Waals surface area contributed by atoms with E-state index in [9.17, 15) is 19.5 Å². The summed E-state index contributed by atoms with van der Waals surface area (Å²) in [5.41, 5.74) is 2.06. The number of nitrogens with one attached hydrogen (secondary N) is 3. The number of aromatic amines is 1. The number of carbonyl (C=O) groups excluding carboxylic acids is 2. The monoisotopic (exact) mass is 460 g/mol. The van der Waals surface area contributed by atoms with Crippen LogP contribution in [0.3, 0.4) is 0 Å². The van der Waals surface area contributed by atoms with Gasteiger partial charge in [0.1, 0.15) is 22.9 Å². The molecule has 9 heteroatoms. The predicted molar refractivity (Wildman–Crippen MR) is 125 cm³/mol. The number of nitrogens with zero attached hydrogens (tertiary/aromatic N) is 1. The highest BCUT2D eigenvalue weighted by molar-refractivity contribution is 6.14. The zero-order chi connectivity index (χ0) is 24.0. The zero-order valence-corrected chi connectivity index (χ0v) is 18.7. The van der Waals surface area contributed by atoms with E-state index in [0.29, 0.717) is 29.1 Å². The molecule has 1 unspecified atom stereocenters. The molecule has 1 aromatic carbocycles. The largest absolute Gasteiger partial charge is 0.464 e. The number of fused-ring (bicyclic) bond motifs is 1. The second-order valence-corrected chi connectivity index (χ2v) is 8.35. The highest BCUT2D eigenvalue weighted by Gasteiger charge is 2.41. The topological polar surface area (TPSA) is 128 Å². The van der Waals surface area contributed by atoms with Crippen LogP contribution in [0.25, 0.3) is 0 Å². The lowest BCUT2D eigenvalue weighted by Gasteiger charge is -2.32. The average molecular weight is 460 g/mol. The molecule has 1 aliphatic carbocycles. The van der Waals surface area contributed by atoms with Crippen molar-refractivity contribution >= 4 is 23.1 Å². The molecular weight excluding hydrogens is 436 g/mol. The Hall–Kier alpha value is -4.11. The number of anilines is 2. The van der Waals surface area contributed by atoms with Crippen LogP contribution in [0.1, 0.15) is 46.8 Å². The Morgan fingerprint density at radius 1 is 1.18 bits per heavy atom. The van der Waals surface area contributed by atoms with Gasteiger partial charge >= 0.3 is 0 Å². The van der Waals surface area contributed by atoms with E-state index in [2.05, 4.69) is 15.6 Å². The molecule has 3 heterocycles. The number of benzene rings is 1. The number of aromatic nitrogens is 1. The first kappa shape index (κ1) is 21.7. The van der Waals surface area contributed by atoms with E-state index in [4.69, 9.17) is 4.42 Å². The quantitative estimate of drug-likeness (QED) is 0.427. The summed E-state index contributed by atoms with van der Waals surface area (Å²) in [6, 6.07) is 12.0. The number of aliphatic hydroxyl groups excluding tert-OH is 1. The Morgan fingerprint density at radius 3 is 2.71 bits per heavy atom. The lowest BCUT2D eigenvalue weighted by atomic mass is 9.93. The minimum absolute atomic E-state index is 0.248. The molecule has 0 saturated heterocycles. The van der Waals surface area contributed by atoms with Crippen LogP contribution in [0.4, 0.5) is 11.4 Å². The molecule has 0 spiro atoms. The fourth-order valence-electron chi connectivity index (χ4n) is 4.36. The fraction of sp³-hybridized carbons (Fsp3) is 0.240. The second-order valence-electron chi connectivity index (χ2n) is 8.35. The smallest absolute Gasteiger partial charge is 0.271 e. The second kappa shape index (κ2) is 8.35. The molecular formula is C25H24N4O5. The molecule has 0 radical (unpaired) electrons. The van der Waals surface area contributed by atoms with Crippen LogP contribution in [0.2, 0.25) is 0 Å². The molecule has 0 fully saturated rings. The zero-order valence-electron chi connectivity index (χ0n) is 18.7. The number of ketones is 1. The normalized spacial score (nSPS) is 18.1. The molecule has 9 nitrogen and oxygen atoms in total. The Labute approximate surface area is 195 Å². The summed E-state index contributed by atoms with van der Waals surface area (Å²) in [5, 5.41) is 16.6. The van der Waals surface area contributed by atoms with Gasteiger partial charge in [0.25, 0.3) is 11.5 Å². The van der Waals surface area contributed by atoms with Gasteiger partial charge in [-0.2, -0.15) is 0 Å². The van der Waals surface area contributed by atoms with Gasteiger partial charge in [-0.1, -0.05) is 19.1 Å². The molecule has 2 aromatic heterocycles. The number of H-pyrrole nitrogens is 1. The third kappa shape index (κ3) is 3.50. The van der Waals surface area contributed by atoms with E-state index in [1.165, 1.54) is 11.1 Å². The molecule has 34 heavy (non-hydrogen) atoms. The van der Waals surface area contributed by atoms with E-state index in [1.807, 2.05) is 32.0 Å². The van der Waals surface area contributed by atoms with Crippen LogP contribution in [-0.4, -0.2) is 27.9 Å². The molecule has 174 valence electrons. The fourth-order valence-corrected chi connectivity index (χ4v) is 4.36. The first-order valence-corrected chi connectivity index (χ1v) is 11.1. The molecule has 1 amide bonds. The van der Waals surface area contributed by atoms with E-state index in [0.717, 1.165) is 11.3 Å². The lowest BCUT2D eigenvalue weighted by molar-refractivity contribution is -0.125. The van der Waals surface area contributed by atoms with Crippen molar-refractivity contribution in [2.75, 3.05) is 10.2 Å². The summed E-state index contributed by atoms with van der Waals surface area (Å²) in [4.78, 5) is 42.0. The maximum atomic E-state index is 13.3. The van der Waals surface area contributed by atoms with Crippen LogP contribution in [0, 0.1) is 6.92 Å². The number of Topliss-reactive ketones (excluding diaryl/α,β-unsaturated/α-hetero) is 1. The molecule has 4 N–H and O–H groups in total. The van der Waals surface area contributed by atoms with E-state index in [-0.39, 0.29) is 35.4 Å². The van der Waals surface area contributed by atoms with E-state index >= 15 is 0 Å². The van der Waals surface area contributed by atoms with Gasteiger partial charge in [-0.05, 0) is 49.2 Å². The van der Waals surface area contributed by atoms with Crippen molar-refractivity contribution in [2.45, 2.75) is 39.0 Å². The maximum Gasteiger partial charge on any atom is 0.271 e. The summed E-state index contributed by atoms with van der Waals surface area (Å²) < 4.78 is 5.70. The van der Waals surface area contributed by atoms with Crippen molar-refractivity contribution in [1.29, 1.82) is 0 Å². The minimum atomic E-state index is -1.32. The van der Waals surface area contributed by atoms with Crippen LogP contribution in [-0.2, 0) is 11.3 Å². The number of hydrogen-bond acceptors (Lipinski definition) is 7. The Balaban J connectivity index is 1.45. The molecule has 0 bridgehead atoms. The summed E-state index contributed by atoms with van der Waals surface area (Å²) in [5.74, 6) is 0.700. The summed E-state index contributed by atoms with van der Waals surface area (Å²) in [6.45, 7) is 4.06. The first-order chi connectivity index (χ1) is 16.4. The average Bonchev–Trinajstić information content (AvgIpc) is 3.42. The maximum absolute atomic E-state index is 13.3. The van der Waals surface area contributed by atoms with Gasteiger partial charge < -0.3 is 25.1 Å². The molecule has 5 rings (SSSR count). The molecule has 0 saturated carbocycles. The SMILES string of the molecule is CC[C@@H](NC1=C(Nc2cccc3c2C(=O)N(c2ccc[nH]c2=O)C3)C(O)C1=O)c1ccc(C)o1. The molecule has 2 aliphatic rings. The lowest BCUT2D eigenvalue weighted by Crippen LogP contribution is -2.46. The summed E-state index contributed by atoms with van der Waals surface area (Å²) >= 11 is 0. The molecule has 3 aromatic rings. The Bertz CT molecular complexity index is 1390. The van der Waals surface area contributed by atoms with Crippen molar-refractivity contribution in [3.8, 4) is 0 Å². The van der Waals surface area contributed by atoms with Gasteiger partial charge in [0, 0.05) is 6.20 Å². The first-order valence-electron chi connectivity index (χ1n) is 11.1. The van der Waals surface area contributed by atoms with Crippen LogP contribution >= 0.6 is 0 Å². The number of furan rings is 1. The number of pyridine rings is 1. The number of aryl methyl sites for hydroxylation is 1. The highest BCUT2D eigenvalue weighted by Crippen LogP contribution is 2.35. The standard InChI is InChI=1S/C25H24N4O5/c1-3-15(18-10-9-13(2)34-18)27-20-21(23(31)22(20)30)28-16-7-4-6-14-12-29(25(33)19(14)16)17-8-5-11-26-24(17)32/h4-11,15,23,27-28,31H,3,12H2,1-2H3,(H,26,32)/t15-,23?/m1/s1. The molecule has 2 atom stereocenters. The van der Waals surface area contributed by atoms with Crippen molar-refractivity contribution in [1.82, 2.24) is 10.3 Å². The molecule has 1 aliphatic heterocycles. The van der Waals surface area contributed by atoms with Gasteiger partial charge in [0.2, 0.25) is 5.78 Å². The van der Waals surface area contributed by atoms with Gasteiger partial charge in [-0.15, -0.1) is 0 Å². The van der Waals surface area contributed by atoms with Crippen molar-refractivity contribution in [3.63, 3.8) is 0 Å². The van der Waals surface area contributed by atoms with E-state index < -0.39 is 11.9 Å². The van der Waals surface area contributed by atoms with Gasteiger partial charge in [0.05, 0.1) is 29.5 Å². The third-order valence-corrected chi connectivity index (χ3v) is 6.16. The number of carbonyl (C=O) groups is 2. The van der Waals surface area contributed by atoms with Gasteiger partial charge in [-0.3, -0.25) is 19.3 Å². The number of aliphatic hydroxyl groups is 1. The number of amides is 1. The van der Waals surface area contributed by atoms with Crippen LogP contribution in [0.15, 0.2) is 69.3 Å².